The molecular formula is C19H19Cl4N3O4S. The molecule has 12 heteroatoms. The second-order valence-corrected chi connectivity index (χ2v) is 9.12. The largest absolute Gasteiger partial charge is 0.493 e. The topological polar surface area (TPSA) is 80.9 Å². The lowest BCUT2D eigenvalue weighted by molar-refractivity contribution is 0.0933. The lowest BCUT2D eigenvalue weighted by Crippen LogP contribution is -2.56. The van der Waals surface area contributed by atoms with Gasteiger partial charge in [0.05, 0.1) is 32.0 Å². The van der Waals surface area contributed by atoms with E-state index < -0.39 is 15.9 Å². The maximum absolute atomic E-state index is 12.9. The van der Waals surface area contributed by atoms with Crippen LogP contribution in [0.15, 0.2) is 36.4 Å². The molecule has 0 aliphatic heterocycles. The summed E-state index contributed by atoms with van der Waals surface area (Å²) in [5, 5.41) is 8.75. The predicted octanol–water partition coefficient (Wildman–Crippen LogP) is 4.78. The number of para-hydroxylation sites is 1. The summed E-state index contributed by atoms with van der Waals surface area (Å²) in [5.74, 6) is 0.342. The highest BCUT2D eigenvalue weighted by Crippen LogP contribution is 2.38. The van der Waals surface area contributed by atoms with Gasteiger partial charge in [-0.1, -0.05) is 58.5 Å². The summed E-state index contributed by atoms with van der Waals surface area (Å²) in [6.07, 6.45) is -1.19. The van der Waals surface area contributed by atoms with Gasteiger partial charge >= 0.3 is 0 Å². The molecule has 2 aromatic carbocycles. The molecule has 0 saturated carbocycles. The number of alkyl halides is 3. The van der Waals surface area contributed by atoms with Gasteiger partial charge < -0.3 is 30.2 Å². The highest BCUT2D eigenvalue weighted by molar-refractivity contribution is 7.80. The number of carbonyl (C=O) groups is 1. The molecule has 3 N–H and O–H groups in total. The van der Waals surface area contributed by atoms with Crippen molar-refractivity contribution >= 4 is 75.3 Å². The first kappa shape index (κ1) is 25.4. The van der Waals surface area contributed by atoms with E-state index in [-0.39, 0.29) is 10.7 Å². The zero-order valence-corrected chi connectivity index (χ0v) is 20.4. The molecule has 0 fully saturated rings. The van der Waals surface area contributed by atoms with Crippen LogP contribution in [0, 0.1) is 0 Å². The number of methoxy groups -OCH3 is 3. The summed E-state index contributed by atoms with van der Waals surface area (Å²) < 4.78 is 13.8. The normalized spacial score (nSPS) is 11.8. The summed E-state index contributed by atoms with van der Waals surface area (Å²) in [4.78, 5) is 12.9. The lowest BCUT2D eigenvalue weighted by Gasteiger charge is -2.28. The number of benzene rings is 2. The number of anilines is 1. The molecule has 0 bridgehead atoms. The monoisotopic (exact) mass is 525 g/mol. The first-order valence-corrected chi connectivity index (χ1v) is 10.5. The summed E-state index contributed by atoms with van der Waals surface area (Å²) in [6, 6.07) is 9.88. The standard InChI is InChI=1S/C19H19Cl4N3O4S/c1-28-13-8-10(9-14(29-2)15(13)30-3)16(27)25-17(19(21,22)23)26-18(31)24-12-7-5-4-6-11(12)20/h4-9,17H,1-3H3,(H,25,27)(H2,24,26,31). The van der Waals surface area contributed by atoms with E-state index in [1.54, 1.807) is 24.3 Å². The molecule has 0 aliphatic rings. The van der Waals surface area contributed by atoms with Gasteiger partial charge in [0.15, 0.2) is 16.6 Å². The second kappa shape index (κ2) is 11.2. The Morgan fingerprint density at radius 3 is 2.06 bits per heavy atom. The van der Waals surface area contributed by atoms with Crippen LogP contribution < -0.4 is 30.2 Å². The van der Waals surface area contributed by atoms with Gasteiger partial charge in [0.1, 0.15) is 6.17 Å². The van der Waals surface area contributed by atoms with E-state index in [9.17, 15) is 4.79 Å². The average Bonchev–Trinajstić information content (AvgIpc) is 2.72. The molecule has 0 aliphatic carbocycles. The minimum absolute atomic E-state index is 0.0783. The summed E-state index contributed by atoms with van der Waals surface area (Å²) in [5.41, 5.74) is 0.723. The van der Waals surface area contributed by atoms with Crippen molar-refractivity contribution in [2.24, 2.45) is 0 Å². The van der Waals surface area contributed by atoms with Crippen molar-refractivity contribution in [1.29, 1.82) is 0 Å². The average molecular weight is 527 g/mol. The molecule has 31 heavy (non-hydrogen) atoms. The Balaban J connectivity index is 2.22. The van der Waals surface area contributed by atoms with Gasteiger partial charge in [-0.05, 0) is 36.5 Å². The SMILES string of the molecule is COc1cc(C(=O)NC(NC(=S)Nc2ccccc2Cl)C(Cl)(Cl)Cl)cc(OC)c1OC. The molecule has 0 radical (unpaired) electrons. The molecule has 2 rings (SSSR count). The van der Waals surface area contributed by atoms with Crippen molar-refractivity contribution in [3.63, 3.8) is 0 Å². The maximum atomic E-state index is 12.9. The fourth-order valence-corrected chi connectivity index (χ4v) is 3.22. The third kappa shape index (κ3) is 6.82. The first-order valence-electron chi connectivity index (χ1n) is 8.60. The van der Waals surface area contributed by atoms with Crippen LogP contribution in [-0.4, -0.2) is 42.3 Å². The number of thiocarbonyl (C=S) groups is 1. The van der Waals surface area contributed by atoms with Crippen LogP contribution in [0.3, 0.4) is 0 Å². The number of rotatable bonds is 7. The van der Waals surface area contributed by atoms with E-state index in [2.05, 4.69) is 16.0 Å². The molecule has 0 spiro atoms. The Kier molecular flexibility index (Phi) is 9.14. The molecule has 7 nitrogen and oxygen atoms in total. The van der Waals surface area contributed by atoms with Gasteiger partial charge in [-0.15, -0.1) is 0 Å². The van der Waals surface area contributed by atoms with Crippen LogP contribution in [0.1, 0.15) is 10.4 Å². The Labute approximate surface area is 205 Å². The minimum Gasteiger partial charge on any atom is -0.493 e. The number of halogens is 4. The van der Waals surface area contributed by atoms with E-state index in [0.717, 1.165) is 0 Å². The second-order valence-electron chi connectivity index (χ2n) is 5.94. The zero-order chi connectivity index (χ0) is 23.2. The fraction of sp³-hybridized carbons (Fsp3) is 0.263. The van der Waals surface area contributed by atoms with E-state index in [1.165, 1.54) is 33.5 Å². The van der Waals surface area contributed by atoms with E-state index >= 15 is 0 Å². The number of carbonyl (C=O) groups excluding carboxylic acids is 1. The lowest BCUT2D eigenvalue weighted by atomic mass is 10.1. The van der Waals surface area contributed by atoms with Gasteiger partial charge in [0, 0.05) is 5.56 Å². The fourth-order valence-electron chi connectivity index (χ4n) is 2.48. The third-order valence-electron chi connectivity index (χ3n) is 3.93. The number of amides is 1. The van der Waals surface area contributed by atoms with Gasteiger partial charge in [0.25, 0.3) is 5.91 Å². The van der Waals surface area contributed by atoms with Crippen molar-refractivity contribution in [1.82, 2.24) is 10.6 Å². The van der Waals surface area contributed by atoms with Gasteiger partial charge in [0.2, 0.25) is 9.54 Å². The van der Waals surface area contributed by atoms with Crippen LogP contribution in [-0.2, 0) is 0 Å². The smallest absolute Gasteiger partial charge is 0.253 e. The molecular weight excluding hydrogens is 508 g/mol. The number of hydrogen-bond acceptors (Lipinski definition) is 5. The van der Waals surface area contributed by atoms with Gasteiger partial charge in [-0.3, -0.25) is 4.79 Å². The van der Waals surface area contributed by atoms with Gasteiger partial charge in [-0.2, -0.15) is 0 Å². The summed E-state index contributed by atoms with van der Waals surface area (Å²) in [7, 11) is 4.32. The molecule has 1 atom stereocenters. The van der Waals surface area contributed by atoms with E-state index in [1.807, 2.05) is 0 Å². The Morgan fingerprint density at radius 1 is 1.00 bits per heavy atom. The maximum Gasteiger partial charge on any atom is 0.253 e. The quantitative estimate of drug-likeness (QED) is 0.272. The summed E-state index contributed by atoms with van der Waals surface area (Å²) >= 11 is 29.5. The molecule has 0 heterocycles. The molecule has 168 valence electrons. The van der Waals surface area contributed by atoms with Crippen LogP contribution in [0.5, 0.6) is 17.2 Å². The van der Waals surface area contributed by atoms with Crippen LogP contribution in [0.25, 0.3) is 0 Å². The molecule has 2 aromatic rings. The summed E-state index contributed by atoms with van der Waals surface area (Å²) in [6.45, 7) is 0. The third-order valence-corrected chi connectivity index (χ3v) is 5.13. The molecule has 1 unspecified atom stereocenters. The first-order chi connectivity index (χ1) is 14.6. The molecule has 0 saturated heterocycles. The van der Waals surface area contributed by atoms with Crippen molar-refractivity contribution in [3.05, 3.63) is 47.0 Å². The van der Waals surface area contributed by atoms with Gasteiger partial charge in [-0.25, -0.2) is 0 Å². The predicted molar refractivity (Wildman–Crippen MR) is 128 cm³/mol. The zero-order valence-electron chi connectivity index (χ0n) is 16.6. The van der Waals surface area contributed by atoms with Crippen molar-refractivity contribution in [2.45, 2.75) is 9.96 Å². The van der Waals surface area contributed by atoms with Crippen molar-refractivity contribution in [3.8, 4) is 17.2 Å². The van der Waals surface area contributed by atoms with E-state index in [4.69, 9.17) is 72.8 Å². The number of nitrogens with one attached hydrogen (secondary N) is 3. The minimum atomic E-state index is -1.94. The number of ether oxygens (including phenoxy) is 3. The van der Waals surface area contributed by atoms with Crippen LogP contribution >= 0.6 is 58.6 Å². The highest BCUT2D eigenvalue weighted by atomic mass is 35.6. The Morgan fingerprint density at radius 2 is 1.58 bits per heavy atom. The molecule has 1 amide bonds. The van der Waals surface area contributed by atoms with Crippen LogP contribution in [0.4, 0.5) is 5.69 Å². The van der Waals surface area contributed by atoms with Crippen LogP contribution in [0.2, 0.25) is 5.02 Å². The number of hydrogen-bond donors (Lipinski definition) is 3. The van der Waals surface area contributed by atoms with Crippen molar-refractivity contribution < 1.29 is 19.0 Å². The Bertz CT molecular complexity index is 931. The van der Waals surface area contributed by atoms with Crippen molar-refractivity contribution in [2.75, 3.05) is 26.6 Å². The Hall–Kier alpha value is -1.84. The molecule has 0 aromatic heterocycles. The highest BCUT2D eigenvalue weighted by Gasteiger charge is 2.35. The van der Waals surface area contributed by atoms with E-state index in [0.29, 0.717) is 28.0 Å².